The highest BCUT2D eigenvalue weighted by molar-refractivity contribution is 6.01. The third kappa shape index (κ3) is 3.20. The molecule has 2 aromatic carbocycles. The summed E-state index contributed by atoms with van der Waals surface area (Å²) in [4.78, 5) is 33.0. The molecule has 0 saturated heterocycles. The first-order valence-corrected chi connectivity index (χ1v) is 10.3. The largest absolute Gasteiger partial charge is 0.358 e. The Morgan fingerprint density at radius 1 is 1.07 bits per heavy atom. The number of nitrogens with zero attached hydrogens (tertiary/aromatic N) is 2. The Morgan fingerprint density at radius 2 is 1.76 bits per heavy atom. The van der Waals surface area contributed by atoms with Gasteiger partial charge in [0.15, 0.2) is 0 Å². The third-order valence-electron chi connectivity index (χ3n) is 5.96. The number of carbonyl (C=O) groups excluding carboxylic acids is 2. The van der Waals surface area contributed by atoms with Crippen molar-refractivity contribution in [3.8, 4) is 0 Å². The molecule has 3 aromatic rings. The van der Waals surface area contributed by atoms with Crippen molar-refractivity contribution < 1.29 is 9.59 Å². The first kappa shape index (κ1) is 19.2. The Hall–Kier alpha value is -3.08. The van der Waals surface area contributed by atoms with Crippen molar-refractivity contribution in [2.45, 2.75) is 33.2 Å². The van der Waals surface area contributed by atoms with E-state index in [1.54, 1.807) is 0 Å². The molecule has 1 atom stereocenters. The fraction of sp³-hybridized carbons (Fsp3) is 0.333. The van der Waals surface area contributed by atoms with Gasteiger partial charge in [0.05, 0.1) is 6.04 Å². The van der Waals surface area contributed by atoms with Crippen LogP contribution >= 0.6 is 0 Å². The van der Waals surface area contributed by atoms with Crippen LogP contribution in [0.1, 0.15) is 53.5 Å². The van der Waals surface area contributed by atoms with E-state index >= 15 is 0 Å². The molecule has 0 spiro atoms. The van der Waals surface area contributed by atoms with Crippen LogP contribution in [0.15, 0.2) is 48.5 Å². The summed E-state index contributed by atoms with van der Waals surface area (Å²) in [6.07, 6.45) is 0.333. The van der Waals surface area contributed by atoms with Gasteiger partial charge in [-0.15, -0.1) is 0 Å². The average Bonchev–Trinajstić information content (AvgIpc) is 3.20. The summed E-state index contributed by atoms with van der Waals surface area (Å²) < 4.78 is 0. The normalized spacial score (nSPS) is 15.8. The molecule has 0 fully saturated rings. The van der Waals surface area contributed by atoms with Crippen LogP contribution in [-0.4, -0.2) is 46.2 Å². The molecule has 1 unspecified atom stereocenters. The van der Waals surface area contributed by atoms with Crippen molar-refractivity contribution in [3.63, 3.8) is 0 Å². The van der Waals surface area contributed by atoms with Crippen LogP contribution in [0.25, 0.3) is 10.9 Å². The smallest absolute Gasteiger partial charge is 0.255 e. The van der Waals surface area contributed by atoms with Gasteiger partial charge >= 0.3 is 0 Å². The molecule has 0 aliphatic carbocycles. The summed E-state index contributed by atoms with van der Waals surface area (Å²) >= 11 is 0. The van der Waals surface area contributed by atoms with Crippen LogP contribution < -0.4 is 0 Å². The van der Waals surface area contributed by atoms with Crippen LogP contribution in [0, 0.1) is 6.92 Å². The van der Waals surface area contributed by atoms with Gasteiger partial charge in [0, 0.05) is 53.8 Å². The molecular weight excluding hydrogens is 362 g/mol. The summed E-state index contributed by atoms with van der Waals surface area (Å²) in [5.41, 5.74) is 4.99. The number of amides is 2. The lowest BCUT2D eigenvalue weighted by Crippen LogP contribution is -2.36. The van der Waals surface area contributed by atoms with Crippen LogP contribution in [0.5, 0.6) is 0 Å². The van der Waals surface area contributed by atoms with E-state index in [4.69, 9.17) is 0 Å². The fourth-order valence-corrected chi connectivity index (χ4v) is 4.51. The summed E-state index contributed by atoms with van der Waals surface area (Å²) in [6.45, 7) is 7.81. The lowest BCUT2D eigenvalue weighted by atomic mass is 9.95. The predicted molar refractivity (Wildman–Crippen MR) is 115 cm³/mol. The topological polar surface area (TPSA) is 56.4 Å². The number of fused-ring (bicyclic) bond motifs is 2. The summed E-state index contributed by atoms with van der Waals surface area (Å²) in [7, 11) is 0. The number of aromatic nitrogens is 1. The molecule has 1 aromatic heterocycles. The lowest BCUT2D eigenvalue weighted by Gasteiger charge is -2.27. The van der Waals surface area contributed by atoms with Gasteiger partial charge in [-0.25, -0.2) is 0 Å². The highest BCUT2D eigenvalue weighted by Crippen LogP contribution is 2.42. The van der Waals surface area contributed by atoms with Crippen LogP contribution in [0.4, 0.5) is 0 Å². The molecule has 1 N–H and O–H groups in total. The van der Waals surface area contributed by atoms with Crippen molar-refractivity contribution in [1.82, 2.24) is 14.8 Å². The summed E-state index contributed by atoms with van der Waals surface area (Å²) in [6, 6.07) is 15.8. The molecule has 1 aliphatic heterocycles. The molecule has 2 heterocycles. The van der Waals surface area contributed by atoms with E-state index in [0.29, 0.717) is 26.1 Å². The van der Waals surface area contributed by atoms with Gasteiger partial charge in [-0.3, -0.25) is 9.59 Å². The van der Waals surface area contributed by atoms with E-state index in [9.17, 15) is 9.59 Å². The Kier molecular flexibility index (Phi) is 5.14. The van der Waals surface area contributed by atoms with Crippen molar-refractivity contribution >= 4 is 22.7 Å². The standard InChI is InChI=1S/C24H27N3O2/c1-4-26(5-2)21(28)14-15-27-23(17-10-6-7-11-18(17)24(27)29)22-16(3)25-20-13-9-8-12-19(20)22/h6-13,23,25H,4-5,14-15H2,1-3H3. The number of hydrogen-bond acceptors (Lipinski definition) is 2. The van der Waals surface area contributed by atoms with Crippen LogP contribution in [0.2, 0.25) is 0 Å². The highest BCUT2D eigenvalue weighted by atomic mass is 16.2. The molecule has 2 amide bonds. The number of rotatable bonds is 6. The Morgan fingerprint density at radius 3 is 2.52 bits per heavy atom. The van der Waals surface area contributed by atoms with E-state index in [0.717, 1.165) is 33.3 Å². The van der Waals surface area contributed by atoms with Gasteiger partial charge in [-0.1, -0.05) is 36.4 Å². The van der Waals surface area contributed by atoms with Gasteiger partial charge in [0.25, 0.3) is 5.91 Å². The van der Waals surface area contributed by atoms with Crippen molar-refractivity contribution in [3.05, 3.63) is 70.9 Å². The molecule has 0 bridgehead atoms. The minimum Gasteiger partial charge on any atom is -0.358 e. The Bertz CT molecular complexity index is 1060. The second kappa shape index (κ2) is 7.74. The van der Waals surface area contributed by atoms with E-state index in [-0.39, 0.29) is 17.9 Å². The number of nitrogens with one attached hydrogen (secondary N) is 1. The van der Waals surface area contributed by atoms with E-state index in [2.05, 4.69) is 24.0 Å². The van der Waals surface area contributed by atoms with Gasteiger partial charge in [-0.2, -0.15) is 0 Å². The zero-order valence-corrected chi connectivity index (χ0v) is 17.2. The molecule has 4 rings (SSSR count). The van der Waals surface area contributed by atoms with Crippen molar-refractivity contribution in [2.24, 2.45) is 0 Å². The van der Waals surface area contributed by atoms with Crippen LogP contribution in [0.3, 0.4) is 0 Å². The molecule has 5 nitrogen and oxygen atoms in total. The van der Waals surface area contributed by atoms with Gasteiger partial charge in [0.2, 0.25) is 5.91 Å². The number of aromatic amines is 1. The van der Waals surface area contributed by atoms with Crippen LogP contribution in [-0.2, 0) is 4.79 Å². The zero-order valence-electron chi connectivity index (χ0n) is 17.2. The number of para-hydroxylation sites is 1. The molecule has 0 saturated carbocycles. The number of aryl methyl sites for hydroxylation is 1. The van der Waals surface area contributed by atoms with E-state index in [1.807, 2.05) is 60.0 Å². The van der Waals surface area contributed by atoms with Gasteiger partial charge in [-0.05, 0) is 38.5 Å². The number of H-pyrrole nitrogens is 1. The maximum Gasteiger partial charge on any atom is 0.255 e. The molecule has 150 valence electrons. The maximum atomic E-state index is 13.3. The van der Waals surface area contributed by atoms with Gasteiger partial charge < -0.3 is 14.8 Å². The summed E-state index contributed by atoms with van der Waals surface area (Å²) in [5, 5.41) is 1.12. The second-order valence-corrected chi connectivity index (χ2v) is 7.51. The number of benzene rings is 2. The predicted octanol–water partition coefficient (Wildman–Crippen LogP) is 4.28. The second-order valence-electron chi connectivity index (χ2n) is 7.51. The Balaban J connectivity index is 1.75. The van der Waals surface area contributed by atoms with Crippen molar-refractivity contribution in [2.75, 3.05) is 19.6 Å². The Labute approximate surface area is 171 Å². The highest BCUT2D eigenvalue weighted by Gasteiger charge is 2.39. The van der Waals surface area contributed by atoms with E-state index < -0.39 is 0 Å². The SMILES string of the molecule is CCN(CC)C(=O)CCN1C(=O)c2ccccc2C1c1c(C)[nH]c2ccccc12. The first-order valence-electron chi connectivity index (χ1n) is 10.3. The fourth-order valence-electron chi connectivity index (χ4n) is 4.51. The minimum absolute atomic E-state index is 0.00243. The van der Waals surface area contributed by atoms with Gasteiger partial charge in [0.1, 0.15) is 0 Å². The molecule has 29 heavy (non-hydrogen) atoms. The molecular formula is C24H27N3O2. The first-order chi connectivity index (χ1) is 14.1. The monoisotopic (exact) mass is 389 g/mol. The van der Waals surface area contributed by atoms with E-state index in [1.165, 1.54) is 0 Å². The zero-order chi connectivity index (χ0) is 20.5. The number of carbonyl (C=O) groups is 2. The maximum absolute atomic E-state index is 13.3. The average molecular weight is 389 g/mol. The molecule has 0 radical (unpaired) electrons. The minimum atomic E-state index is -0.181. The number of hydrogen-bond donors (Lipinski definition) is 1. The molecule has 1 aliphatic rings. The molecule has 5 heteroatoms. The van der Waals surface area contributed by atoms with Crippen molar-refractivity contribution in [1.29, 1.82) is 0 Å². The quantitative estimate of drug-likeness (QED) is 0.684. The third-order valence-corrected chi connectivity index (χ3v) is 5.96. The lowest BCUT2D eigenvalue weighted by molar-refractivity contribution is -0.131. The summed E-state index contributed by atoms with van der Waals surface area (Å²) in [5.74, 6) is 0.0933.